The minimum absolute atomic E-state index is 0.0697. The standard InChI is InChI=1S/C18H23N3O3/c22-18(8-10-23-14-15-5-2-1-3-6-15)20-16-11-19-21(12-16)13-17-7-4-9-24-17/h1-3,5-6,11-12,17H,4,7-10,13-14H2,(H,20,22). The van der Waals surface area contributed by atoms with Crippen LogP contribution in [0.15, 0.2) is 42.7 Å². The first kappa shape index (κ1) is 16.7. The maximum atomic E-state index is 11.9. The second-order valence-corrected chi connectivity index (χ2v) is 5.92. The van der Waals surface area contributed by atoms with Crippen LogP contribution in [-0.4, -0.2) is 35.0 Å². The molecule has 1 aromatic heterocycles. The Morgan fingerprint density at radius 3 is 3.04 bits per heavy atom. The number of benzene rings is 1. The van der Waals surface area contributed by atoms with E-state index >= 15 is 0 Å². The Morgan fingerprint density at radius 2 is 2.25 bits per heavy atom. The molecule has 0 bridgehead atoms. The third-order valence-electron chi connectivity index (χ3n) is 3.92. The minimum Gasteiger partial charge on any atom is -0.376 e. The molecule has 1 aliphatic rings. The Morgan fingerprint density at radius 1 is 1.38 bits per heavy atom. The third kappa shape index (κ3) is 5.18. The summed E-state index contributed by atoms with van der Waals surface area (Å²) in [5.41, 5.74) is 1.81. The molecule has 0 aliphatic carbocycles. The van der Waals surface area contributed by atoms with Crippen LogP contribution in [0.3, 0.4) is 0 Å². The van der Waals surface area contributed by atoms with Crippen molar-refractivity contribution in [1.29, 1.82) is 0 Å². The molecule has 0 radical (unpaired) electrons. The van der Waals surface area contributed by atoms with Gasteiger partial charge in [0.2, 0.25) is 5.91 Å². The molecule has 1 aromatic carbocycles. The molecule has 2 heterocycles. The molecule has 1 N–H and O–H groups in total. The summed E-state index contributed by atoms with van der Waals surface area (Å²) in [6, 6.07) is 9.92. The summed E-state index contributed by atoms with van der Waals surface area (Å²) in [4.78, 5) is 11.9. The summed E-state index contributed by atoms with van der Waals surface area (Å²) in [5.74, 6) is -0.0697. The first-order chi connectivity index (χ1) is 11.8. The van der Waals surface area contributed by atoms with E-state index in [-0.39, 0.29) is 12.0 Å². The molecule has 0 spiro atoms. The van der Waals surface area contributed by atoms with Gasteiger partial charge in [0.25, 0.3) is 0 Å². The SMILES string of the molecule is O=C(CCOCc1ccccc1)Nc1cnn(CC2CCCO2)c1. The molecular weight excluding hydrogens is 306 g/mol. The molecule has 1 amide bonds. The van der Waals surface area contributed by atoms with Crippen molar-refractivity contribution in [2.24, 2.45) is 0 Å². The molecule has 1 saturated heterocycles. The van der Waals surface area contributed by atoms with Crippen molar-refractivity contribution < 1.29 is 14.3 Å². The number of hydrogen-bond donors (Lipinski definition) is 1. The van der Waals surface area contributed by atoms with Crippen LogP contribution in [0, 0.1) is 0 Å². The lowest BCUT2D eigenvalue weighted by atomic mass is 10.2. The first-order valence-electron chi connectivity index (χ1n) is 8.35. The molecule has 6 nitrogen and oxygen atoms in total. The summed E-state index contributed by atoms with van der Waals surface area (Å²) in [7, 11) is 0. The zero-order valence-electron chi connectivity index (χ0n) is 13.7. The van der Waals surface area contributed by atoms with Crippen LogP contribution in [0.5, 0.6) is 0 Å². The van der Waals surface area contributed by atoms with Crippen LogP contribution < -0.4 is 5.32 Å². The Labute approximate surface area is 141 Å². The van der Waals surface area contributed by atoms with Crippen LogP contribution in [0.4, 0.5) is 5.69 Å². The van der Waals surface area contributed by atoms with Gasteiger partial charge in [0.15, 0.2) is 0 Å². The third-order valence-corrected chi connectivity index (χ3v) is 3.92. The molecule has 1 fully saturated rings. The van der Waals surface area contributed by atoms with Gasteiger partial charge in [-0.25, -0.2) is 0 Å². The predicted octanol–water partition coefficient (Wildman–Crippen LogP) is 2.61. The fourth-order valence-electron chi connectivity index (χ4n) is 2.68. The van der Waals surface area contributed by atoms with Crippen LogP contribution in [0.1, 0.15) is 24.8 Å². The molecule has 3 rings (SSSR count). The summed E-state index contributed by atoms with van der Waals surface area (Å²) in [6.45, 7) is 2.48. The second kappa shape index (κ2) is 8.61. The Bertz CT molecular complexity index is 636. The van der Waals surface area contributed by atoms with Crippen LogP contribution in [0.25, 0.3) is 0 Å². The van der Waals surface area contributed by atoms with Crippen molar-refractivity contribution in [2.75, 3.05) is 18.5 Å². The summed E-state index contributed by atoms with van der Waals surface area (Å²) >= 11 is 0. The number of nitrogens with one attached hydrogen (secondary N) is 1. The number of carbonyl (C=O) groups excluding carboxylic acids is 1. The Balaban J connectivity index is 1.35. The van der Waals surface area contributed by atoms with E-state index in [0.717, 1.165) is 31.6 Å². The highest BCUT2D eigenvalue weighted by molar-refractivity contribution is 5.90. The fraction of sp³-hybridized carbons (Fsp3) is 0.444. The number of anilines is 1. The van der Waals surface area contributed by atoms with Gasteiger partial charge in [-0.15, -0.1) is 0 Å². The molecule has 128 valence electrons. The van der Waals surface area contributed by atoms with Crippen molar-refractivity contribution in [3.8, 4) is 0 Å². The van der Waals surface area contributed by atoms with Crippen molar-refractivity contribution in [1.82, 2.24) is 9.78 Å². The van der Waals surface area contributed by atoms with Gasteiger partial charge in [-0.1, -0.05) is 30.3 Å². The number of amides is 1. The smallest absolute Gasteiger partial charge is 0.226 e. The zero-order chi connectivity index (χ0) is 16.6. The normalized spacial score (nSPS) is 17.1. The van der Waals surface area contributed by atoms with Gasteiger partial charge in [0, 0.05) is 12.8 Å². The molecule has 6 heteroatoms. The molecule has 1 unspecified atom stereocenters. The van der Waals surface area contributed by atoms with E-state index in [1.54, 1.807) is 6.20 Å². The largest absolute Gasteiger partial charge is 0.376 e. The maximum Gasteiger partial charge on any atom is 0.226 e. The highest BCUT2D eigenvalue weighted by Crippen LogP contribution is 2.15. The Kier molecular flexibility index (Phi) is 5.98. The lowest BCUT2D eigenvalue weighted by molar-refractivity contribution is -0.117. The molecule has 24 heavy (non-hydrogen) atoms. The lowest BCUT2D eigenvalue weighted by Gasteiger charge is -2.08. The van der Waals surface area contributed by atoms with Crippen LogP contribution in [0.2, 0.25) is 0 Å². The van der Waals surface area contributed by atoms with Crippen molar-refractivity contribution >= 4 is 11.6 Å². The van der Waals surface area contributed by atoms with E-state index in [4.69, 9.17) is 9.47 Å². The maximum absolute atomic E-state index is 11.9. The van der Waals surface area contributed by atoms with E-state index < -0.39 is 0 Å². The predicted molar refractivity (Wildman–Crippen MR) is 90.5 cm³/mol. The van der Waals surface area contributed by atoms with Gasteiger partial charge in [-0.3, -0.25) is 9.48 Å². The van der Waals surface area contributed by atoms with E-state index in [1.807, 2.05) is 41.2 Å². The highest BCUT2D eigenvalue weighted by Gasteiger charge is 2.16. The van der Waals surface area contributed by atoms with Crippen molar-refractivity contribution in [3.63, 3.8) is 0 Å². The first-order valence-corrected chi connectivity index (χ1v) is 8.35. The summed E-state index contributed by atoms with van der Waals surface area (Å²) in [5, 5.41) is 7.10. The van der Waals surface area contributed by atoms with Gasteiger partial charge >= 0.3 is 0 Å². The quantitative estimate of drug-likeness (QED) is 0.756. The zero-order valence-corrected chi connectivity index (χ0v) is 13.7. The fourth-order valence-corrected chi connectivity index (χ4v) is 2.68. The summed E-state index contributed by atoms with van der Waals surface area (Å²) < 4.78 is 12.9. The summed E-state index contributed by atoms with van der Waals surface area (Å²) in [6.07, 6.45) is 6.24. The number of nitrogens with zero attached hydrogens (tertiary/aromatic N) is 2. The van der Waals surface area contributed by atoms with Crippen molar-refractivity contribution in [2.45, 2.75) is 38.5 Å². The van der Waals surface area contributed by atoms with Crippen LogP contribution >= 0.6 is 0 Å². The number of rotatable bonds is 8. The monoisotopic (exact) mass is 329 g/mol. The second-order valence-electron chi connectivity index (χ2n) is 5.92. The molecule has 0 saturated carbocycles. The average molecular weight is 329 g/mol. The number of ether oxygens (including phenoxy) is 2. The van der Waals surface area contributed by atoms with Gasteiger partial charge < -0.3 is 14.8 Å². The number of aromatic nitrogens is 2. The molecule has 1 aliphatic heterocycles. The van der Waals surface area contributed by atoms with E-state index in [2.05, 4.69) is 10.4 Å². The average Bonchev–Trinajstić information content (AvgIpc) is 3.25. The van der Waals surface area contributed by atoms with Crippen LogP contribution in [-0.2, 0) is 27.4 Å². The molecule has 1 atom stereocenters. The van der Waals surface area contributed by atoms with E-state index in [1.165, 1.54) is 0 Å². The van der Waals surface area contributed by atoms with E-state index in [9.17, 15) is 4.79 Å². The van der Waals surface area contributed by atoms with Gasteiger partial charge in [0.1, 0.15) is 0 Å². The Hall–Kier alpha value is -2.18. The van der Waals surface area contributed by atoms with Crippen molar-refractivity contribution in [3.05, 3.63) is 48.3 Å². The van der Waals surface area contributed by atoms with E-state index in [0.29, 0.717) is 25.3 Å². The molecular formula is C18H23N3O3. The highest BCUT2D eigenvalue weighted by atomic mass is 16.5. The lowest BCUT2D eigenvalue weighted by Crippen LogP contribution is -2.15. The van der Waals surface area contributed by atoms with Gasteiger partial charge in [-0.05, 0) is 18.4 Å². The topological polar surface area (TPSA) is 65.4 Å². The van der Waals surface area contributed by atoms with Gasteiger partial charge in [-0.2, -0.15) is 5.10 Å². The minimum atomic E-state index is -0.0697. The van der Waals surface area contributed by atoms with Gasteiger partial charge in [0.05, 0.1) is 44.2 Å². The molecule has 2 aromatic rings. The number of carbonyl (C=O) groups is 1. The number of hydrogen-bond acceptors (Lipinski definition) is 4.